The van der Waals surface area contributed by atoms with E-state index in [4.69, 9.17) is 11.6 Å². The number of likely N-dealkylation sites (N-methyl/N-ethyl adjacent to an activating group) is 1. The van der Waals surface area contributed by atoms with Crippen LogP contribution in [0.1, 0.15) is 60.9 Å². The molecule has 0 aromatic heterocycles. The van der Waals surface area contributed by atoms with Crippen LogP contribution in [-0.2, 0) is 11.2 Å². The average molecular weight is 441 g/mol. The maximum atomic E-state index is 12.4. The molecule has 0 atom stereocenters. The molecular formula is C26H33ClN2O2. The molecule has 1 aliphatic rings. The van der Waals surface area contributed by atoms with E-state index >= 15 is 0 Å². The van der Waals surface area contributed by atoms with E-state index in [9.17, 15) is 9.59 Å². The van der Waals surface area contributed by atoms with Gasteiger partial charge in [-0.25, -0.2) is 0 Å². The lowest BCUT2D eigenvalue weighted by molar-refractivity contribution is -0.122. The third kappa shape index (κ3) is 6.65. The second-order valence-corrected chi connectivity index (χ2v) is 9.34. The lowest BCUT2D eigenvalue weighted by Crippen LogP contribution is -2.52. The van der Waals surface area contributed by atoms with E-state index < -0.39 is 0 Å². The van der Waals surface area contributed by atoms with Crippen LogP contribution in [0, 0.1) is 0 Å². The normalized spacial score (nSPS) is 21.1. The van der Waals surface area contributed by atoms with E-state index in [0.29, 0.717) is 19.3 Å². The molecule has 0 aliphatic heterocycles. The second-order valence-electron chi connectivity index (χ2n) is 8.91. The number of benzene rings is 2. The molecule has 2 aromatic rings. The molecule has 5 heteroatoms. The van der Waals surface area contributed by atoms with Gasteiger partial charge in [-0.3, -0.25) is 9.59 Å². The van der Waals surface area contributed by atoms with Crippen molar-refractivity contribution in [2.24, 2.45) is 0 Å². The number of rotatable bonds is 9. The van der Waals surface area contributed by atoms with Gasteiger partial charge in [-0.2, -0.15) is 0 Å². The van der Waals surface area contributed by atoms with Crippen molar-refractivity contribution in [2.45, 2.75) is 62.9 Å². The first-order chi connectivity index (χ1) is 14.9. The fourth-order valence-corrected chi connectivity index (χ4v) is 4.67. The predicted molar refractivity (Wildman–Crippen MR) is 127 cm³/mol. The van der Waals surface area contributed by atoms with Crippen LogP contribution in [0.3, 0.4) is 0 Å². The summed E-state index contributed by atoms with van der Waals surface area (Å²) in [5.41, 5.74) is 2.12. The SMILES string of the molecule is CN(C)C1(Cc2ccc(Cl)cc2)CCC(NC(=O)CCCC(=O)c2ccccc2)CC1. The Bertz CT molecular complexity index is 857. The molecule has 1 N–H and O–H groups in total. The zero-order valence-electron chi connectivity index (χ0n) is 18.6. The number of Topliss-reactive ketones (excluding diaryl/α,β-unsaturated/α-hetero) is 1. The maximum Gasteiger partial charge on any atom is 0.220 e. The third-order valence-electron chi connectivity index (χ3n) is 6.58. The lowest BCUT2D eigenvalue weighted by atomic mass is 9.75. The molecule has 31 heavy (non-hydrogen) atoms. The van der Waals surface area contributed by atoms with Crippen molar-refractivity contribution < 1.29 is 9.59 Å². The highest BCUT2D eigenvalue weighted by molar-refractivity contribution is 6.30. The standard InChI is InChI=1S/C26H33ClN2O2/c1-29(2)26(19-20-11-13-22(27)14-12-20)17-15-23(16-18-26)28-25(31)10-6-9-24(30)21-7-4-3-5-8-21/h3-5,7-8,11-14,23H,6,9-10,15-19H2,1-2H3,(H,28,31). The Labute approximate surface area is 191 Å². The van der Waals surface area contributed by atoms with Crippen molar-refractivity contribution in [2.75, 3.05) is 14.1 Å². The van der Waals surface area contributed by atoms with Gasteiger partial charge < -0.3 is 10.2 Å². The highest BCUT2D eigenvalue weighted by atomic mass is 35.5. The first-order valence-corrected chi connectivity index (χ1v) is 11.6. The van der Waals surface area contributed by atoms with E-state index in [1.54, 1.807) is 0 Å². The minimum absolute atomic E-state index is 0.0564. The summed E-state index contributed by atoms with van der Waals surface area (Å²) >= 11 is 6.03. The zero-order valence-corrected chi connectivity index (χ0v) is 19.3. The molecule has 1 saturated carbocycles. The molecule has 0 bridgehead atoms. The van der Waals surface area contributed by atoms with Gasteiger partial charge in [0.05, 0.1) is 0 Å². The number of nitrogens with one attached hydrogen (secondary N) is 1. The summed E-state index contributed by atoms with van der Waals surface area (Å²) in [4.78, 5) is 26.9. The molecule has 4 nitrogen and oxygen atoms in total. The van der Waals surface area contributed by atoms with Crippen LogP contribution in [0.5, 0.6) is 0 Å². The highest BCUT2D eigenvalue weighted by Crippen LogP contribution is 2.35. The molecular weight excluding hydrogens is 408 g/mol. The Morgan fingerprint density at radius 3 is 2.26 bits per heavy atom. The molecule has 1 amide bonds. The van der Waals surface area contributed by atoms with Gasteiger partial charge in [0, 0.05) is 35.0 Å². The number of nitrogens with zero attached hydrogens (tertiary/aromatic N) is 1. The van der Waals surface area contributed by atoms with Crippen molar-refractivity contribution >= 4 is 23.3 Å². The van der Waals surface area contributed by atoms with E-state index in [1.807, 2.05) is 42.5 Å². The van der Waals surface area contributed by atoms with Gasteiger partial charge in [-0.05, 0) is 70.3 Å². The third-order valence-corrected chi connectivity index (χ3v) is 6.83. The summed E-state index contributed by atoms with van der Waals surface area (Å²) in [6.45, 7) is 0. The summed E-state index contributed by atoms with van der Waals surface area (Å²) in [6, 6.07) is 17.6. The first kappa shape index (κ1) is 23.5. The minimum atomic E-state index is 0.0564. The zero-order chi connectivity index (χ0) is 22.3. The summed E-state index contributed by atoms with van der Waals surface area (Å²) < 4.78 is 0. The Kier molecular flexibility index (Phi) is 8.28. The van der Waals surface area contributed by atoms with E-state index in [0.717, 1.165) is 42.7 Å². The van der Waals surface area contributed by atoms with Crippen LogP contribution in [0.2, 0.25) is 5.02 Å². The lowest BCUT2D eigenvalue weighted by Gasteiger charge is -2.45. The number of halogens is 1. The Morgan fingerprint density at radius 1 is 1.00 bits per heavy atom. The van der Waals surface area contributed by atoms with Crippen LogP contribution in [-0.4, -0.2) is 42.3 Å². The van der Waals surface area contributed by atoms with Crippen LogP contribution >= 0.6 is 11.6 Å². The van der Waals surface area contributed by atoms with Crippen LogP contribution in [0.25, 0.3) is 0 Å². The molecule has 0 radical (unpaired) electrons. The van der Waals surface area contributed by atoms with Gasteiger partial charge in [0.15, 0.2) is 5.78 Å². The highest BCUT2D eigenvalue weighted by Gasteiger charge is 2.37. The maximum absolute atomic E-state index is 12.4. The van der Waals surface area contributed by atoms with Crippen molar-refractivity contribution in [1.82, 2.24) is 10.2 Å². The van der Waals surface area contributed by atoms with Crippen LogP contribution in [0.4, 0.5) is 0 Å². The Balaban J connectivity index is 1.44. The van der Waals surface area contributed by atoms with Crippen LogP contribution in [0.15, 0.2) is 54.6 Å². The minimum Gasteiger partial charge on any atom is -0.353 e. The molecule has 0 spiro atoms. The molecule has 0 saturated heterocycles. The van der Waals surface area contributed by atoms with Gasteiger partial charge in [0.25, 0.3) is 0 Å². The number of hydrogen-bond acceptors (Lipinski definition) is 3. The fraction of sp³-hybridized carbons (Fsp3) is 0.462. The number of carbonyl (C=O) groups excluding carboxylic acids is 2. The molecule has 3 rings (SSSR count). The summed E-state index contributed by atoms with van der Waals surface area (Å²) in [5.74, 6) is 0.157. The van der Waals surface area contributed by atoms with Gasteiger partial charge in [-0.15, -0.1) is 0 Å². The monoisotopic (exact) mass is 440 g/mol. The second kappa shape index (κ2) is 10.9. The molecule has 166 valence electrons. The predicted octanol–water partition coefficient (Wildman–Crippen LogP) is 5.29. The summed E-state index contributed by atoms with van der Waals surface area (Å²) in [5, 5.41) is 3.96. The fourth-order valence-electron chi connectivity index (χ4n) is 4.54. The largest absolute Gasteiger partial charge is 0.353 e. The van der Waals surface area contributed by atoms with Gasteiger partial charge in [0.1, 0.15) is 0 Å². The summed E-state index contributed by atoms with van der Waals surface area (Å²) in [6.07, 6.45) is 6.41. The average Bonchev–Trinajstić information content (AvgIpc) is 2.77. The van der Waals surface area contributed by atoms with Crippen molar-refractivity contribution in [3.8, 4) is 0 Å². The van der Waals surface area contributed by atoms with Crippen molar-refractivity contribution in [3.63, 3.8) is 0 Å². The number of carbonyl (C=O) groups is 2. The molecule has 1 aliphatic carbocycles. The molecule has 0 unspecified atom stereocenters. The Morgan fingerprint density at radius 2 is 1.65 bits per heavy atom. The van der Waals surface area contributed by atoms with Gasteiger partial charge >= 0.3 is 0 Å². The topological polar surface area (TPSA) is 49.4 Å². The molecule has 2 aromatic carbocycles. The number of hydrogen-bond donors (Lipinski definition) is 1. The van der Waals surface area contributed by atoms with E-state index in [1.165, 1.54) is 5.56 Å². The van der Waals surface area contributed by atoms with Gasteiger partial charge in [-0.1, -0.05) is 54.1 Å². The number of ketones is 1. The van der Waals surface area contributed by atoms with Crippen LogP contribution < -0.4 is 5.32 Å². The quantitative estimate of drug-likeness (QED) is 0.538. The van der Waals surface area contributed by atoms with E-state index in [2.05, 4.69) is 36.4 Å². The smallest absolute Gasteiger partial charge is 0.220 e. The van der Waals surface area contributed by atoms with Crippen molar-refractivity contribution in [3.05, 3.63) is 70.7 Å². The molecule has 0 heterocycles. The molecule has 1 fully saturated rings. The summed E-state index contributed by atoms with van der Waals surface area (Å²) in [7, 11) is 4.30. The van der Waals surface area contributed by atoms with Crippen molar-refractivity contribution in [1.29, 1.82) is 0 Å². The number of amides is 1. The van der Waals surface area contributed by atoms with E-state index in [-0.39, 0.29) is 23.3 Å². The van der Waals surface area contributed by atoms with Gasteiger partial charge in [0.2, 0.25) is 5.91 Å². The Hall–Kier alpha value is -2.17. The first-order valence-electron chi connectivity index (χ1n) is 11.2.